The molecule has 0 rings (SSSR count). The van der Waals surface area contributed by atoms with Gasteiger partial charge >= 0.3 is 113 Å². The van der Waals surface area contributed by atoms with Gasteiger partial charge in [-0.25, -0.2) is 0 Å². The van der Waals surface area contributed by atoms with Crippen molar-refractivity contribution in [1.82, 2.24) is 0 Å². The summed E-state index contributed by atoms with van der Waals surface area (Å²) in [5.41, 5.74) is 0. The summed E-state index contributed by atoms with van der Waals surface area (Å²) in [4.78, 5) is 0. The fraction of sp³-hybridized carbons (Fsp3) is 1.00. The Bertz CT molecular complexity index is 11.7. The Hall–Kier alpha value is 3.78. The van der Waals surface area contributed by atoms with E-state index in [0.717, 1.165) is 5.92 Å². The molecule has 0 saturated heterocycles. The zero-order valence-corrected chi connectivity index (χ0v) is 3.58. The van der Waals surface area contributed by atoms with Gasteiger partial charge < -0.3 is 0 Å². The van der Waals surface area contributed by atoms with Crippen molar-refractivity contribution >= 4 is 113 Å². The monoisotopic (exact) mass is 184 g/mol. The average molecular weight is 184 g/mol. The van der Waals surface area contributed by atoms with E-state index >= 15 is 0 Å². The van der Waals surface area contributed by atoms with Crippen molar-refractivity contribution in [3.63, 3.8) is 0 Å². The average Bonchev–Trinajstić information content (AvgIpc) is 0.811. The molecule has 0 aromatic rings. The molecule has 0 aliphatic rings. The van der Waals surface area contributed by atoms with Crippen LogP contribution >= 0.6 is 0 Å². The van der Waals surface area contributed by atoms with E-state index < -0.39 is 0 Å². The van der Waals surface area contributed by atoms with Crippen LogP contribution in [0.2, 0.25) is 0 Å². The molecule has 0 nitrogen and oxygen atoms in total. The first-order chi connectivity index (χ1) is 1.73. The Morgan fingerprint density at radius 3 is 0.714 bits per heavy atom. The second kappa shape index (κ2) is 16.4. The molecule has 0 saturated carbocycles. The molecule has 0 atom stereocenters. The summed E-state index contributed by atoms with van der Waals surface area (Å²) < 4.78 is 0. The van der Waals surface area contributed by atoms with Crippen LogP contribution in [0.5, 0.6) is 0 Å². The summed E-state index contributed by atoms with van der Waals surface area (Å²) >= 11 is 0. The summed E-state index contributed by atoms with van der Waals surface area (Å²) in [7, 11) is 0. The molecule has 0 aliphatic carbocycles. The molecule has 0 aliphatic heterocycles. The third-order valence-electron chi connectivity index (χ3n) is 0. The van der Waals surface area contributed by atoms with Crippen LogP contribution in [-0.4, -0.2) is 113 Å². The molecule has 0 bridgehead atoms. The number of hydrogen-bond donors (Lipinski definition) is 0. The van der Waals surface area contributed by atoms with Gasteiger partial charge in [0, 0.05) is 0 Å². The third kappa shape index (κ3) is 41.4. The molecule has 38 valence electrons. The molecule has 0 amide bonds. The van der Waals surface area contributed by atoms with Crippen molar-refractivity contribution in [3.05, 3.63) is 0 Å². The van der Waals surface area contributed by atoms with Crippen molar-refractivity contribution < 1.29 is 0 Å². The molecule has 0 aromatic heterocycles. The van der Waals surface area contributed by atoms with Crippen molar-refractivity contribution in [2.75, 3.05) is 0 Å². The molecule has 0 fully saturated rings. The molecule has 3 heteroatoms. The van der Waals surface area contributed by atoms with Gasteiger partial charge in [0.1, 0.15) is 0 Å². The summed E-state index contributed by atoms with van der Waals surface area (Å²) in [5, 5.41) is 0. The molecule has 0 unspecified atom stereocenters. The van der Waals surface area contributed by atoms with Gasteiger partial charge in [-0.2, -0.15) is 0 Å². The molecule has 0 N–H and O–H groups in total. The van der Waals surface area contributed by atoms with Crippen LogP contribution in [0.3, 0.4) is 0 Å². The minimum atomic E-state index is 0. The molecule has 7 heavy (non-hydrogen) atoms. The first-order valence-electron chi connectivity index (χ1n) is 1.73. The van der Waals surface area contributed by atoms with Gasteiger partial charge in [-0.15, -0.1) is 0 Å². The Balaban J connectivity index is -0.0000000150. The molecule has 0 spiro atoms. The van der Waals surface area contributed by atoms with E-state index in [2.05, 4.69) is 20.8 Å². The van der Waals surface area contributed by atoms with E-state index in [4.69, 9.17) is 0 Å². The topological polar surface area (TPSA) is 0 Å². The van der Waals surface area contributed by atoms with Gasteiger partial charge in [0.2, 0.25) is 0 Å². The van der Waals surface area contributed by atoms with Crippen molar-refractivity contribution in [1.29, 1.82) is 0 Å². The van der Waals surface area contributed by atoms with E-state index in [1.165, 1.54) is 0 Å². The Morgan fingerprint density at radius 2 is 0.714 bits per heavy atom. The molecular weight excluding hydrogens is 168 g/mol. The number of hydrogen-bond acceptors (Lipinski definition) is 0. The van der Waals surface area contributed by atoms with Crippen LogP contribution in [0, 0.1) is 5.92 Å². The van der Waals surface area contributed by atoms with Crippen LogP contribution < -0.4 is 0 Å². The number of rotatable bonds is 0. The van der Waals surface area contributed by atoms with Gasteiger partial charge in [-0.1, -0.05) is 20.8 Å². The van der Waals surface area contributed by atoms with Crippen LogP contribution in [0.25, 0.3) is 0 Å². The van der Waals surface area contributed by atoms with Crippen LogP contribution in [-0.2, 0) is 0 Å². The van der Waals surface area contributed by atoms with E-state index in [9.17, 15) is 0 Å². The molecule has 0 heterocycles. The Labute approximate surface area is 136 Å². The second-order valence-electron chi connectivity index (χ2n) is 1.73. The van der Waals surface area contributed by atoms with Gasteiger partial charge in [0.05, 0.1) is 0 Å². The van der Waals surface area contributed by atoms with Crippen LogP contribution in [0.15, 0.2) is 0 Å². The van der Waals surface area contributed by atoms with E-state index in [-0.39, 0.29) is 113 Å². The van der Waals surface area contributed by atoms with Gasteiger partial charge in [-0.05, 0) is 5.92 Å². The second-order valence-corrected chi connectivity index (χ2v) is 1.73. The molecule has 0 radical (unpaired) electrons. The standard InChI is InChI=1S/C4H10.3Ca.6H/c1-4(2)3;;;;;;;;;/h4H,1-3H3;;;;;;;;;. The van der Waals surface area contributed by atoms with Crippen molar-refractivity contribution in [2.45, 2.75) is 20.8 Å². The summed E-state index contributed by atoms with van der Waals surface area (Å²) in [6, 6.07) is 0. The molecule has 0 aromatic carbocycles. The molecular formula is C4H16Ca3. The Morgan fingerprint density at radius 1 is 0.714 bits per heavy atom. The predicted molar refractivity (Wildman–Crippen MR) is 46.1 cm³/mol. The predicted octanol–water partition coefficient (Wildman–Crippen LogP) is -1.09. The normalized spacial score (nSPS) is 5.14. The quantitative estimate of drug-likeness (QED) is 0.420. The van der Waals surface area contributed by atoms with Crippen molar-refractivity contribution in [3.8, 4) is 0 Å². The third-order valence-corrected chi connectivity index (χ3v) is 0. The van der Waals surface area contributed by atoms with E-state index in [0.29, 0.717) is 0 Å². The Kier molecular flexibility index (Phi) is 52.6. The summed E-state index contributed by atoms with van der Waals surface area (Å²) in [6.45, 7) is 6.50. The maximum absolute atomic E-state index is 2.17. The van der Waals surface area contributed by atoms with Crippen LogP contribution in [0.4, 0.5) is 0 Å². The zero-order valence-electron chi connectivity index (χ0n) is 3.58. The minimum absolute atomic E-state index is 0. The first kappa shape index (κ1) is 22.4. The van der Waals surface area contributed by atoms with Crippen LogP contribution in [0.1, 0.15) is 20.8 Å². The fourth-order valence-electron chi connectivity index (χ4n) is 0. The maximum atomic E-state index is 2.17. The van der Waals surface area contributed by atoms with E-state index in [1.54, 1.807) is 0 Å². The fourth-order valence-corrected chi connectivity index (χ4v) is 0. The first-order valence-corrected chi connectivity index (χ1v) is 1.73. The van der Waals surface area contributed by atoms with Gasteiger partial charge in [0.15, 0.2) is 0 Å². The van der Waals surface area contributed by atoms with Gasteiger partial charge in [0.25, 0.3) is 0 Å². The zero-order chi connectivity index (χ0) is 3.58. The van der Waals surface area contributed by atoms with E-state index in [1.807, 2.05) is 0 Å². The SMILES string of the molecule is CC(C)C.[CaH2].[CaH2].[CaH2]. The summed E-state index contributed by atoms with van der Waals surface area (Å²) in [6.07, 6.45) is 0. The van der Waals surface area contributed by atoms with Gasteiger partial charge in [-0.3, -0.25) is 0 Å². The van der Waals surface area contributed by atoms with Crippen molar-refractivity contribution in [2.24, 2.45) is 5.92 Å². The summed E-state index contributed by atoms with van der Waals surface area (Å²) in [5.74, 6) is 0.833.